The van der Waals surface area contributed by atoms with Crippen LogP contribution in [0.2, 0.25) is 0 Å². The fourth-order valence-corrected chi connectivity index (χ4v) is 1.82. The van der Waals surface area contributed by atoms with Crippen molar-refractivity contribution in [1.29, 1.82) is 0 Å². The Morgan fingerprint density at radius 1 is 1.29 bits per heavy atom. The summed E-state index contributed by atoms with van der Waals surface area (Å²) in [6.07, 6.45) is 5.15. The molecular weight excluding hydrogens is 210 g/mol. The van der Waals surface area contributed by atoms with Crippen molar-refractivity contribution in [2.75, 3.05) is 5.32 Å². The summed E-state index contributed by atoms with van der Waals surface area (Å²) in [5.41, 5.74) is 3.69. The highest BCUT2D eigenvalue weighted by Crippen LogP contribution is 2.14. The van der Waals surface area contributed by atoms with E-state index in [1.54, 1.807) is 0 Å². The van der Waals surface area contributed by atoms with Gasteiger partial charge in [-0.05, 0) is 25.0 Å². The third-order valence-corrected chi connectivity index (χ3v) is 2.77. The Kier molecular flexibility index (Phi) is 3.81. The maximum atomic E-state index is 4.32. The Morgan fingerprint density at radius 2 is 2.12 bits per heavy atom. The lowest BCUT2D eigenvalue weighted by Gasteiger charge is -2.07. The van der Waals surface area contributed by atoms with Crippen molar-refractivity contribution in [2.45, 2.75) is 33.4 Å². The van der Waals surface area contributed by atoms with Crippen molar-refractivity contribution >= 4 is 5.69 Å². The van der Waals surface area contributed by atoms with Gasteiger partial charge in [-0.15, -0.1) is 0 Å². The van der Waals surface area contributed by atoms with Crippen LogP contribution in [0, 0.1) is 6.92 Å². The van der Waals surface area contributed by atoms with Crippen molar-refractivity contribution in [1.82, 2.24) is 9.78 Å². The van der Waals surface area contributed by atoms with Gasteiger partial charge in [0, 0.05) is 30.5 Å². The van der Waals surface area contributed by atoms with Crippen LogP contribution >= 0.6 is 0 Å². The van der Waals surface area contributed by atoms with E-state index in [9.17, 15) is 0 Å². The number of nitrogens with zero attached hydrogens (tertiary/aromatic N) is 2. The fourth-order valence-electron chi connectivity index (χ4n) is 1.82. The highest BCUT2D eigenvalue weighted by Gasteiger charge is 1.99. The van der Waals surface area contributed by atoms with Crippen molar-refractivity contribution in [2.24, 2.45) is 0 Å². The summed E-state index contributed by atoms with van der Waals surface area (Å²) in [6.45, 7) is 6.09. The molecule has 0 atom stereocenters. The molecule has 0 saturated heterocycles. The van der Waals surface area contributed by atoms with E-state index in [0.29, 0.717) is 0 Å². The predicted octanol–water partition coefficient (Wildman–Crippen LogP) is 3.21. The van der Waals surface area contributed by atoms with Gasteiger partial charge in [0.1, 0.15) is 0 Å². The first-order valence-corrected chi connectivity index (χ1v) is 6.10. The Hall–Kier alpha value is -1.77. The quantitative estimate of drug-likeness (QED) is 0.853. The minimum absolute atomic E-state index is 0.828. The number of aromatic nitrogens is 2. The van der Waals surface area contributed by atoms with Crippen LogP contribution in [0.1, 0.15) is 24.5 Å². The normalized spacial score (nSPS) is 10.5. The van der Waals surface area contributed by atoms with E-state index in [-0.39, 0.29) is 0 Å². The zero-order chi connectivity index (χ0) is 12.1. The van der Waals surface area contributed by atoms with Gasteiger partial charge in [-0.2, -0.15) is 5.10 Å². The zero-order valence-electron chi connectivity index (χ0n) is 10.5. The van der Waals surface area contributed by atoms with Crippen molar-refractivity contribution in [3.8, 4) is 0 Å². The molecule has 0 unspecified atom stereocenters. The Labute approximate surface area is 102 Å². The highest BCUT2D eigenvalue weighted by molar-refractivity contribution is 5.50. The topological polar surface area (TPSA) is 29.9 Å². The smallest absolute Gasteiger partial charge is 0.0539 e. The van der Waals surface area contributed by atoms with Crippen LogP contribution in [0.25, 0.3) is 0 Å². The average molecular weight is 229 g/mol. The van der Waals surface area contributed by atoms with E-state index in [1.807, 2.05) is 10.9 Å². The van der Waals surface area contributed by atoms with Crippen LogP contribution < -0.4 is 5.32 Å². The van der Waals surface area contributed by atoms with Gasteiger partial charge in [0.15, 0.2) is 0 Å². The van der Waals surface area contributed by atoms with E-state index >= 15 is 0 Å². The van der Waals surface area contributed by atoms with Crippen LogP contribution in [0.4, 0.5) is 5.69 Å². The van der Waals surface area contributed by atoms with E-state index in [2.05, 4.69) is 54.7 Å². The van der Waals surface area contributed by atoms with Gasteiger partial charge in [0.25, 0.3) is 0 Å². The third-order valence-electron chi connectivity index (χ3n) is 2.77. The SMILES string of the molecule is CCCn1cc(CNc2ccccc2C)cn1. The molecule has 0 aliphatic rings. The van der Waals surface area contributed by atoms with E-state index in [4.69, 9.17) is 0 Å². The standard InChI is InChI=1S/C14H19N3/c1-3-8-17-11-13(10-16-17)9-15-14-7-5-4-6-12(14)2/h4-7,10-11,15H,3,8-9H2,1-2H3. The van der Waals surface area contributed by atoms with Crippen LogP contribution in [0.3, 0.4) is 0 Å². The number of hydrogen-bond acceptors (Lipinski definition) is 2. The number of rotatable bonds is 5. The van der Waals surface area contributed by atoms with Crippen LogP contribution in [-0.2, 0) is 13.1 Å². The summed E-state index contributed by atoms with van der Waals surface area (Å²) in [5, 5.41) is 7.75. The molecule has 0 saturated carbocycles. The summed E-state index contributed by atoms with van der Waals surface area (Å²) in [6, 6.07) is 8.32. The summed E-state index contributed by atoms with van der Waals surface area (Å²) < 4.78 is 1.99. The molecule has 17 heavy (non-hydrogen) atoms. The molecule has 3 nitrogen and oxygen atoms in total. The van der Waals surface area contributed by atoms with Crippen LogP contribution in [0.15, 0.2) is 36.7 Å². The molecule has 1 aromatic heterocycles. The molecule has 0 aliphatic carbocycles. The zero-order valence-corrected chi connectivity index (χ0v) is 10.5. The fraction of sp³-hybridized carbons (Fsp3) is 0.357. The molecule has 0 amide bonds. The van der Waals surface area contributed by atoms with Gasteiger partial charge in [0.2, 0.25) is 0 Å². The van der Waals surface area contributed by atoms with Crippen molar-refractivity contribution in [3.05, 3.63) is 47.8 Å². The van der Waals surface area contributed by atoms with Gasteiger partial charge < -0.3 is 5.32 Å². The molecule has 0 aliphatic heterocycles. The molecule has 0 fully saturated rings. The number of aryl methyl sites for hydroxylation is 2. The van der Waals surface area contributed by atoms with Crippen molar-refractivity contribution < 1.29 is 0 Å². The Morgan fingerprint density at radius 3 is 2.88 bits per heavy atom. The predicted molar refractivity (Wildman–Crippen MR) is 71.0 cm³/mol. The summed E-state index contributed by atoms with van der Waals surface area (Å²) in [4.78, 5) is 0. The molecule has 3 heteroatoms. The number of benzene rings is 1. The lowest BCUT2D eigenvalue weighted by Crippen LogP contribution is -2.00. The lowest BCUT2D eigenvalue weighted by molar-refractivity contribution is 0.602. The first-order valence-electron chi connectivity index (χ1n) is 6.10. The number of anilines is 1. The van der Waals surface area contributed by atoms with E-state index < -0.39 is 0 Å². The van der Waals surface area contributed by atoms with Crippen molar-refractivity contribution in [3.63, 3.8) is 0 Å². The minimum atomic E-state index is 0.828. The summed E-state index contributed by atoms with van der Waals surface area (Å²) in [5.74, 6) is 0. The minimum Gasteiger partial charge on any atom is -0.381 e. The second-order valence-electron chi connectivity index (χ2n) is 4.28. The largest absolute Gasteiger partial charge is 0.381 e. The van der Waals surface area contributed by atoms with Gasteiger partial charge in [-0.1, -0.05) is 25.1 Å². The number of nitrogens with one attached hydrogen (secondary N) is 1. The van der Waals surface area contributed by atoms with Gasteiger partial charge in [-0.25, -0.2) is 0 Å². The maximum absolute atomic E-state index is 4.32. The second kappa shape index (κ2) is 5.53. The highest BCUT2D eigenvalue weighted by atomic mass is 15.3. The van der Waals surface area contributed by atoms with E-state index in [0.717, 1.165) is 19.5 Å². The molecule has 0 spiro atoms. The molecule has 1 aromatic carbocycles. The molecular formula is C14H19N3. The average Bonchev–Trinajstić information content (AvgIpc) is 2.76. The van der Waals surface area contributed by atoms with E-state index in [1.165, 1.54) is 16.8 Å². The Balaban J connectivity index is 1.95. The van der Waals surface area contributed by atoms with Gasteiger partial charge in [-0.3, -0.25) is 4.68 Å². The van der Waals surface area contributed by atoms with Gasteiger partial charge >= 0.3 is 0 Å². The number of para-hydroxylation sites is 1. The molecule has 1 heterocycles. The molecule has 0 bridgehead atoms. The monoisotopic (exact) mass is 229 g/mol. The third kappa shape index (κ3) is 3.09. The maximum Gasteiger partial charge on any atom is 0.0539 e. The van der Waals surface area contributed by atoms with Crippen LogP contribution in [-0.4, -0.2) is 9.78 Å². The first kappa shape index (κ1) is 11.7. The lowest BCUT2D eigenvalue weighted by atomic mass is 10.2. The molecule has 90 valence electrons. The molecule has 2 rings (SSSR count). The Bertz CT molecular complexity index is 474. The summed E-state index contributed by atoms with van der Waals surface area (Å²) >= 11 is 0. The van der Waals surface area contributed by atoms with Crippen LogP contribution in [0.5, 0.6) is 0 Å². The second-order valence-corrected chi connectivity index (χ2v) is 4.28. The molecule has 2 aromatic rings. The summed E-state index contributed by atoms with van der Waals surface area (Å²) in [7, 11) is 0. The molecule has 1 N–H and O–H groups in total. The molecule has 0 radical (unpaired) electrons. The van der Waals surface area contributed by atoms with Gasteiger partial charge in [0.05, 0.1) is 6.20 Å². The number of hydrogen-bond donors (Lipinski definition) is 1. The first-order chi connectivity index (χ1) is 8.29.